The number of benzene rings is 2. The molecule has 2 aromatic carbocycles. The predicted molar refractivity (Wildman–Crippen MR) is 111 cm³/mol. The molecule has 0 fully saturated rings. The average Bonchev–Trinajstić information content (AvgIpc) is 2.71. The monoisotopic (exact) mass is 496 g/mol. The molecule has 0 saturated carbocycles. The smallest absolute Gasteiger partial charge is 0.267 e. The van der Waals surface area contributed by atoms with E-state index in [0.717, 1.165) is 21.7 Å². The molecule has 1 aliphatic rings. The van der Waals surface area contributed by atoms with Gasteiger partial charge in [-0.2, -0.15) is 9.78 Å². The van der Waals surface area contributed by atoms with E-state index in [0.29, 0.717) is 10.7 Å². The molecule has 3 aromatic rings. The van der Waals surface area contributed by atoms with Gasteiger partial charge in [0, 0.05) is 27.1 Å². The van der Waals surface area contributed by atoms with Gasteiger partial charge in [-0.15, -0.1) is 11.8 Å². The second-order valence-electron chi connectivity index (χ2n) is 5.54. The van der Waals surface area contributed by atoms with E-state index in [1.54, 1.807) is 42.1 Å². The van der Waals surface area contributed by atoms with Crippen molar-refractivity contribution in [2.45, 2.75) is 13.9 Å². The molecule has 0 spiro atoms. The first-order valence-corrected chi connectivity index (χ1v) is 10.6. The van der Waals surface area contributed by atoms with Crippen molar-refractivity contribution in [2.24, 2.45) is 0 Å². The Balaban J connectivity index is 1.99. The van der Waals surface area contributed by atoms with Crippen LogP contribution in [0.15, 0.2) is 64.3 Å². The molecule has 126 valence electrons. The highest BCUT2D eigenvalue weighted by atomic mass is 79.9. The van der Waals surface area contributed by atoms with Crippen LogP contribution in [0.4, 0.5) is 0 Å². The van der Waals surface area contributed by atoms with Crippen molar-refractivity contribution >= 4 is 55.2 Å². The van der Waals surface area contributed by atoms with Crippen molar-refractivity contribution in [2.75, 3.05) is 0 Å². The van der Waals surface area contributed by atoms with Crippen LogP contribution in [0.5, 0.6) is 0 Å². The molecule has 0 amide bonds. The second kappa shape index (κ2) is 6.91. The van der Waals surface area contributed by atoms with Crippen molar-refractivity contribution in [1.29, 1.82) is 0 Å². The Kier molecular flexibility index (Phi) is 4.79. The summed E-state index contributed by atoms with van der Waals surface area (Å²) in [5, 5.41) is 5.32. The fourth-order valence-electron chi connectivity index (χ4n) is 2.74. The number of hydrogen-bond donors (Lipinski definition) is 0. The Morgan fingerprint density at radius 1 is 1.08 bits per heavy atom. The van der Waals surface area contributed by atoms with E-state index >= 15 is 0 Å². The normalized spacial score (nSPS) is 19.0. The number of thioether (sulfide) groups is 1. The third-order valence-electron chi connectivity index (χ3n) is 3.94. The molecule has 0 radical (unpaired) electrons. The van der Waals surface area contributed by atoms with Gasteiger partial charge in [0.25, 0.3) is 5.56 Å². The quantitative estimate of drug-likeness (QED) is 0.397. The van der Waals surface area contributed by atoms with Gasteiger partial charge >= 0.3 is 0 Å². The molecular weight excluding hydrogens is 488 g/mol. The van der Waals surface area contributed by atoms with Gasteiger partial charge in [0.15, 0.2) is 0 Å². The van der Waals surface area contributed by atoms with Crippen molar-refractivity contribution in [3.05, 3.63) is 75.5 Å². The highest BCUT2D eigenvalue weighted by molar-refractivity contribution is 9.13. The van der Waals surface area contributed by atoms with E-state index in [2.05, 4.69) is 37.9 Å². The molecule has 2 heterocycles. The summed E-state index contributed by atoms with van der Waals surface area (Å²) in [7, 11) is 0. The molecule has 0 N–H and O–H groups in total. The van der Waals surface area contributed by atoms with E-state index in [-0.39, 0.29) is 14.5 Å². The Labute approximate surface area is 170 Å². The number of alkyl halides is 2. The van der Waals surface area contributed by atoms with Gasteiger partial charge in [0.2, 0.25) is 0 Å². The van der Waals surface area contributed by atoms with Gasteiger partial charge in [-0.05, 0) is 30.3 Å². The molecule has 0 bridgehead atoms. The lowest BCUT2D eigenvalue weighted by Gasteiger charge is -2.15. The van der Waals surface area contributed by atoms with Crippen LogP contribution in [0.3, 0.4) is 0 Å². The highest BCUT2D eigenvalue weighted by Crippen LogP contribution is 2.49. The zero-order valence-electron chi connectivity index (χ0n) is 12.7. The molecule has 0 aliphatic carbocycles. The summed E-state index contributed by atoms with van der Waals surface area (Å²) >= 11 is 15.1. The maximum Gasteiger partial charge on any atom is 0.271 e. The molecule has 3 nitrogen and oxygen atoms in total. The summed E-state index contributed by atoms with van der Waals surface area (Å²) in [5.41, 5.74) is 3.23. The van der Waals surface area contributed by atoms with Crippen LogP contribution in [-0.4, -0.2) is 13.9 Å². The Hall–Kier alpha value is -1.08. The maximum absolute atomic E-state index is 12.7. The first-order valence-electron chi connectivity index (χ1n) is 7.49. The van der Waals surface area contributed by atoms with E-state index in [9.17, 15) is 4.79 Å². The standard InChI is InChI=1S/C18H11Br2ClN2OS/c19-16-13-9-15(24)23(11-7-5-10(21)6-8-11)22-17(13)12-3-1-2-4-14(12)25-18(16)20/h1-9,16,18H. The molecule has 4 rings (SSSR count). The SMILES string of the molecule is O=c1cc2c(nn1-c1ccc(Cl)cc1)-c1ccccc1SC(Br)C2Br. The first kappa shape index (κ1) is 17.3. The zero-order chi connectivity index (χ0) is 17.6. The van der Waals surface area contributed by atoms with Gasteiger partial charge in [-0.1, -0.05) is 61.7 Å². The van der Waals surface area contributed by atoms with Gasteiger partial charge in [-0.25, -0.2) is 0 Å². The summed E-state index contributed by atoms with van der Waals surface area (Å²) in [5.74, 6) is 0. The van der Waals surface area contributed by atoms with Crippen LogP contribution >= 0.6 is 55.2 Å². The second-order valence-corrected chi connectivity index (χ2v) is 9.74. The summed E-state index contributed by atoms with van der Waals surface area (Å²) in [4.78, 5) is 13.8. The molecular formula is C18H11Br2ClN2OS. The third kappa shape index (κ3) is 3.21. The molecule has 0 saturated heterocycles. The molecule has 7 heteroatoms. The van der Waals surface area contributed by atoms with Crippen molar-refractivity contribution in [3.8, 4) is 16.9 Å². The first-order chi connectivity index (χ1) is 12.0. The number of halogens is 3. The van der Waals surface area contributed by atoms with Crippen LogP contribution in [0.25, 0.3) is 16.9 Å². The Morgan fingerprint density at radius 2 is 1.80 bits per heavy atom. The van der Waals surface area contributed by atoms with Gasteiger partial charge in [-0.3, -0.25) is 4.79 Å². The molecule has 25 heavy (non-hydrogen) atoms. The predicted octanol–water partition coefficient (Wildman–Crippen LogP) is 5.82. The van der Waals surface area contributed by atoms with Crippen molar-refractivity contribution in [1.82, 2.24) is 9.78 Å². The van der Waals surface area contributed by atoms with Crippen LogP contribution in [0.2, 0.25) is 5.02 Å². The van der Waals surface area contributed by atoms with E-state index < -0.39 is 0 Å². The number of nitrogens with zero attached hydrogens (tertiary/aromatic N) is 2. The highest BCUT2D eigenvalue weighted by Gasteiger charge is 2.29. The molecule has 2 atom stereocenters. The Bertz CT molecular complexity index is 1010. The number of hydrogen-bond acceptors (Lipinski definition) is 3. The lowest BCUT2D eigenvalue weighted by Crippen LogP contribution is -2.23. The minimum atomic E-state index is -0.172. The number of aromatic nitrogens is 2. The van der Waals surface area contributed by atoms with Crippen LogP contribution < -0.4 is 5.56 Å². The van der Waals surface area contributed by atoms with E-state index in [4.69, 9.17) is 16.7 Å². The minimum absolute atomic E-state index is 0.0278. The van der Waals surface area contributed by atoms with Crippen molar-refractivity contribution in [3.63, 3.8) is 0 Å². The zero-order valence-corrected chi connectivity index (χ0v) is 17.4. The topological polar surface area (TPSA) is 34.9 Å². The summed E-state index contributed by atoms with van der Waals surface area (Å²) < 4.78 is 1.52. The van der Waals surface area contributed by atoms with E-state index in [1.807, 2.05) is 18.2 Å². The molecule has 1 aliphatic heterocycles. The third-order valence-corrected chi connectivity index (χ3v) is 8.47. The number of rotatable bonds is 1. The van der Waals surface area contributed by atoms with Crippen molar-refractivity contribution < 1.29 is 0 Å². The lowest BCUT2D eigenvalue weighted by atomic mass is 10.0. The van der Waals surface area contributed by atoms with Crippen LogP contribution in [0, 0.1) is 0 Å². The van der Waals surface area contributed by atoms with E-state index in [1.165, 1.54) is 4.68 Å². The van der Waals surface area contributed by atoms with Gasteiger partial charge < -0.3 is 0 Å². The average molecular weight is 499 g/mol. The fourth-order valence-corrected chi connectivity index (χ4v) is 5.39. The summed E-state index contributed by atoms with van der Waals surface area (Å²) in [6.45, 7) is 0. The summed E-state index contributed by atoms with van der Waals surface area (Å²) in [6, 6.07) is 16.9. The lowest BCUT2D eigenvalue weighted by molar-refractivity contribution is 0.799. The van der Waals surface area contributed by atoms with Gasteiger partial charge in [0.1, 0.15) is 0 Å². The number of fused-ring (bicyclic) bond motifs is 3. The van der Waals surface area contributed by atoms with Crippen LogP contribution in [0.1, 0.15) is 10.4 Å². The molecule has 2 unspecified atom stereocenters. The largest absolute Gasteiger partial charge is 0.271 e. The summed E-state index contributed by atoms with van der Waals surface area (Å²) in [6.07, 6.45) is 0. The van der Waals surface area contributed by atoms with Gasteiger partial charge in [0.05, 0.1) is 20.4 Å². The minimum Gasteiger partial charge on any atom is -0.267 e. The Morgan fingerprint density at radius 3 is 2.56 bits per heavy atom. The molecule has 1 aromatic heterocycles. The fraction of sp³-hybridized carbons (Fsp3) is 0.111. The van der Waals surface area contributed by atoms with Crippen LogP contribution in [-0.2, 0) is 0 Å². The maximum atomic E-state index is 12.7.